The first kappa shape index (κ1) is 22.5. The highest BCUT2D eigenvalue weighted by Crippen LogP contribution is 2.31. The molecule has 2 aromatic rings. The van der Waals surface area contributed by atoms with Crippen molar-refractivity contribution in [3.8, 4) is 5.75 Å². The number of hydrogen-bond donors (Lipinski definition) is 1. The summed E-state index contributed by atoms with van der Waals surface area (Å²) in [7, 11) is -2.37. The van der Waals surface area contributed by atoms with Crippen LogP contribution in [0.1, 0.15) is 17.5 Å². The predicted octanol–water partition coefficient (Wildman–Crippen LogP) is 3.19. The molecule has 0 aromatic heterocycles. The van der Waals surface area contributed by atoms with Gasteiger partial charge in [0.25, 0.3) is 10.2 Å². The summed E-state index contributed by atoms with van der Waals surface area (Å²) in [6.45, 7) is 2.16. The third-order valence-corrected chi connectivity index (χ3v) is 7.15. The molecule has 30 heavy (non-hydrogen) atoms. The zero-order valence-corrected chi connectivity index (χ0v) is 18.3. The molecule has 0 saturated carbocycles. The second-order valence-corrected chi connectivity index (χ2v) is 9.34. The van der Waals surface area contributed by atoms with Gasteiger partial charge in [-0.05, 0) is 42.7 Å². The average molecular weight is 456 g/mol. The Hall–Kier alpha value is -2.20. The summed E-state index contributed by atoms with van der Waals surface area (Å²) >= 11 is 6.08. The first-order valence-corrected chi connectivity index (χ1v) is 11.1. The molecule has 0 bridgehead atoms. The quantitative estimate of drug-likeness (QED) is 0.725. The van der Waals surface area contributed by atoms with Crippen LogP contribution in [-0.2, 0) is 21.5 Å². The Kier molecular flexibility index (Phi) is 6.97. The van der Waals surface area contributed by atoms with Gasteiger partial charge in [-0.3, -0.25) is 4.79 Å². The summed E-state index contributed by atoms with van der Waals surface area (Å²) in [4.78, 5) is 12.6. The van der Waals surface area contributed by atoms with Crippen molar-refractivity contribution in [3.05, 3.63) is 58.4 Å². The Morgan fingerprint density at radius 3 is 2.53 bits per heavy atom. The molecule has 1 amide bonds. The molecule has 1 saturated heterocycles. The van der Waals surface area contributed by atoms with E-state index in [2.05, 4.69) is 5.32 Å². The number of amides is 1. The number of ether oxygens (including phenoxy) is 1. The topological polar surface area (TPSA) is 79.0 Å². The molecule has 0 aliphatic carbocycles. The SMILES string of the molecule is COc1cc(Cl)c(C)cc1NC(=O)CN1CCCN(Cc2ccc(F)cc2)S1(=O)=O. The van der Waals surface area contributed by atoms with Crippen LogP contribution in [0.4, 0.5) is 10.1 Å². The molecule has 0 spiro atoms. The minimum atomic E-state index is -3.83. The van der Waals surface area contributed by atoms with Crippen molar-refractivity contribution in [2.75, 3.05) is 32.1 Å². The van der Waals surface area contributed by atoms with Crippen molar-refractivity contribution in [3.63, 3.8) is 0 Å². The van der Waals surface area contributed by atoms with E-state index in [1.807, 2.05) is 0 Å². The van der Waals surface area contributed by atoms with Gasteiger partial charge >= 0.3 is 0 Å². The number of benzene rings is 2. The van der Waals surface area contributed by atoms with Gasteiger partial charge in [-0.1, -0.05) is 23.7 Å². The highest BCUT2D eigenvalue weighted by Gasteiger charge is 2.34. The van der Waals surface area contributed by atoms with Crippen LogP contribution in [0.2, 0.25) is 5.02 Å². The number of hydrogen-bond acceptors (Lipinski definition) is 4. The minimum Gasteiger partial charge on any atom is -0.495 e. The Morgan fingerprint density at radius 2 is 1.87 bits per heavy atom. The number of nitrogens with zero attached hydrogens (tertiary/aromatic N) is 2. The molecule has 1 aliphatic rings. The van der Waals surface area contributed by atoms with Crippen LogP contribution in [0, 0.1) is 12.7 Å². The predicted molar refractivity (Wildman–Crippen MR) is 113 cm³/mol. The summed E-state index contributed by atoms with van der Waals surface area (Å²) in [6, 6.07) is 8.94. The number of carbonyl (C=O) groups excluding carboxylic acids is 1. The van der Waals surface area contributed by atoms with Gasteiger partial charge in [0.2, 0.25) is 5.91 Å². The fourth-order valence-electron chi connectivity index (χ4n) is 3.21. The van der Waals surface area contributed by atoms with Gasteiger partial charge < -0.3 is 10.1 Å². The van der Waals surface area contributed by atoms with Crippen molar-refractivity contribution in [1.82, 2.24) is 8.61 Å². The second kappa shape index (κ2) is 9.30. The van der Waals surface area contributed by atoms with Crippen LogP contribution in [-0.4, -0.2) is 49.7 Å². The summed E-state index contributed by atoms with van der Waals surface area (Å²) in [5, 5.41) is 3.20. The maximum absolute atomic E-state index is 13.1. The van der Waals surface area contributed by atoms with E-state index in [9.17, 15) is 17.6 Å². The lowest BCUT2D eigenvalue weighted by Crippen LogP contribution is -2.51. The molecule has 162 valence electrons. The molecular formula is C20H23ClFN3O4S. The van der Waals surface area contributed by atoms with E-state index in [-0.39, 0.29) is 25.5 Å². The third kappa shape index (κ3) is 5.10. The molecule has 1 fully saturated rings. The van der Waals surface area contributed by atoms with Crippen LogP contribution in [0.3, 0.4) is 0 Å². The number of carbonyl (C=O) groups is 1. The molecule has 7 nitrogen and oxygen atoms in total. The van der Waals surface area contributed by atoms with Crippen molar-refractivity contribution < 1.29 is 22.3 Å². The highest BCUT2D eigenvalue weighted by molar-refractivity contribution is 7.86. The van der Waals surface area contributed by atoms with E-state index in [0.29, 0.717) is 35.0 Å². The van der Waals surface area contributed by atoms with E-state index in [0.717, 1.165) is 9.87 Å². The van der Waals surface area contributed by atoms with Gasteiger partial charge in [0.05, 0.1) is 19.3 Å². The highest BCUT2D eigenvalue weighted by atomic mass is 35.5. The summed E-state index contributed by atoms with van der Waals surface area (Å²) in [6.07, 6.45) is 0.580. The second-order valence-electron chi connectivity index (χ2n) is 7.00. The molecule has 3 rings (SSSR count). The van der Waals surface area contributed by atoms with E-state index < -0.39 is 16.1 Å². The van der Waals surface area contributed by atoms with Crippen molar-refractivity contribution >= 4 is 33.4 Å². The standard InChI is InChI=1S/C20H23ClFN3O4S/c1-14-10-18(19(29-2)11-17(14)21)23-20(26)13-25-9-3-8-24(30(25,27)28)12-15-4-6-16(22)7-5-15/h4-7,10-11H,3,8-9,12-13H2,1-2H3,(H,23,26). The lowest BCUT2D eigenvalue weighted by molar-refractivity contribution is -0.116. The maximum Gasteiger partial charge on any atom is 0.282 e. The van der Waals surface area contributed by atoms with E-state index in [4.69, 9.17) is 16.3 Å². The Labute approximate surface area is 180 Å². The zero-order valence-electron chi connectivity index (χ0n) is 16.7. The molecule has 1 aliphatic heterocycles. The third-order valence-electron chi connectivity index (χ3n) is 4.81. The molecule has 10 heteroatoms. The van der Waals surface area contributed by atoms with Gasteiger partial charge in [-0.25, -0.2) is 4.39 Å². The van der Waals surface area contributed by atoms with Crippen molar-refractivity contribution in [2.24, 2.45) is 0 Å². The van der Waals surface area contributed by atoms with Crippen molar-refractivity contribution in [2.45, 2.75) is 19.9 Å². The van der Waals surface area contributed by atoms with Gasteiger partial charge in [-0.2, -0.15) is 17.0 Å². The minimum absolute atomic E-state index is 0.116. The number of rotatable bonds is 6. The van der Waals surface area contributed by atoms with E-state index in [1.54, 1.807) is 31.2 Å². The largest absolute Gasteiger partial charge is 0.495 e. The zero-order chi connectivity index (χ0) is 21.9. The normalized spacial score (nSPS) is 16.9. The van der Waals surface area contributed by atoms with Crippen LogP contribution in [0.5, 0.6) is 5.75 Å². The fraction of sp³-hybridized carbons (Fsp3) is 0.350. The molecule has 1 heterocycles. The smallest absolute Gasteiger partial charge is 0.282 e. The molecule has 0 unspecified atom stereocenters. The lowest BCUT2D eigenvalue weighted by Gasteiger charge is -2.34. The van der Waals surface area contributed by atoms with E-state index in [1.165, 1.54) is 23.5 Å². The molecule has 0 radical (unpaired) electrons. The first-order valence-electron chi connectivity index (χ1n) is 9.34. The maximum atomic E-state index is 13.1. The van der Waals surface area contributed by atoms with Crippen LogP contribution >= 0.6 is 11.6 Å². The Bertz CT molecular complexity index is 1030. The van der Waals surface area contributed by atoms with E-state index >= 15 is 0 Å². The Morgan fingerprint density at radius 1 is 1.20 bits per heavy atom. The molecule has 0 atom stereocenters. The number of nitrogens with one attached hydrogen (secondary N) is 1. The number of halogens is 2. The van der Waals surface area contributed by atoms with Gasteiger partial charge in [0.1, 0.15) is 11.6 Å². The van der Waals surface area contributed by atoms with Crippen molar-refractivity contribution in [1.29, 1.82) is 0 Å². The molecule has 2 aromatic carbocycles. The number of methoxy groups -OCH3 is 1. The van der Waals surface area contributed by atoms with Gasteiger partial charge in [-0.15, -0.1) is 0 Å². The average Bonchev–Trinajstić information content (AvgIpc) is 2.69. The Balaban J connectivity index is 1.70. The fourth-order valence-corrected chi connectivity index (χ4v) is 5.00. The van der Waals surface area contributed by atoms with Crippen LogP contribution in [0.25, 0.3) is 0 Å². The van der Waals surface area contributed by atoms with Crippen LogP contribution in [0.15, 0.2) is 36.4 Å². The number of aryl methyl sites for hydroxylation is 1. The molecule has 1 N–H and O–H groups in total. The monoisotopic (exact) mass is 455 g/mol. The first-order chi connectivity index (χ1) is 14.2. The summed E-state index contributed by atoms with van der Waals surface area (Å²) in [5.74, 6) is -0.480. The van der Waals surface area contributed by atoms with Gasteiger partial charge in [0.15, 0.2) is 0 Å². The number of anilines is 1. The molecular weight excluding hydrogens is 433 g/mol. The summed E-state index contributed by atoms with van der Waals surface area (Å²) < 4.78 is 46.7. The summed E-state index contributed by atoms with van der Waals surface area (Å²) in [5.41, 5.74) is 1.85. The van der Waals surface area contributed by atoms with Crippen LogP contribution < -0.4 is 10.1 Å². The van der Waals surface area contributed by atoms with Gasteiger partial charge in [0, 0.05) is 30.7 Å². The lowest BCUT2D eigenvalue weighted by atomic mass is 10.2.